The van der Waals surface area contributed by atoms with Crippen LogP contribution in [0, 0.1) is 0 Å². The average molecular weight is 300 g/mol. The molecule has 0 amide bonds. The maximum atomic E-state index is 5.99. The first-order valence-electron chi connectivity index (χ1n) is 5.48. The molecule has 100 valence electrons. The predicted molar refractivity (Wildman–Crippen MR) is 72.5 cm³/mol. The van der Waals surface area contributed by atoms with E-state index in [4.69, 9.17) is 28.0 Å². The highest BCUT2D eigenvalue weighted by molar-refractivity contribution is 6.42. The van der Waals surface area contributed by atoms with E-state index in [-0.39, 0.29) is 0 Å². The predicted octanol–water partition coefficient (Wildman–Crippen LogP) is 2.49. The van der Waals surface area contributed by atoms with Gasteiger partial charge in [-0.3, -0.25) is 0 Å². The highest BCUT2D eigenvalue weighted by atomic mass is 35.5. The second-order valence-electron chi connectivity index (χ2n) is 3.68. The highest BCUT2D eigenvalue weighted by Crippen LogP contribution is 2.23. The summed E-state index contributed by atoms with van der Waals surface area (Å²) in [5.74, 6) is 0.615. The SMILES string of the molecule is CON=C(CCc1nn[nH]n1)c1ccc(Cl)c(Cl)c1. The Balaban J connectivity index is 2.15. The van der Waals surface area contributed by atoms with Crippen molar-refractivity contribution in [3.8, 4) is 0 Å². The summed E-state index contributed by atoms with van der Waals surface area (Å²) in [5.41, 5.74) is 1.59. The Morgan fingerprint density at radius 1 is 1.37 bits per heavy atom. The monoisotopic (exact) mass is 299 g/mol. The van der Waals surface area contributed by atoms with Crippen molar-refractivity contribution >= 4 is 28.9 Å². The third-order valence-corrected chi connectivity index (χ3v) is 3.17. The summed E-state index contributed by atoms with van der Waals surface area (Å²) in [6.45, 7) is 0. The number of benzene rings is 1. The molecule has 0 bridgehead atoms. The lowest BCUT2D eigenvalue weighted by atomic mass is 10.1. The number of aromatic amines is 1. The molecule has 1 aromatic heterocycles. The Morgan fingerprint density at radius 3 is 2.84 bits per heavy atom. The molecule has 1 N–H and O–H groups in total. The van der Waals surface area contributed by atoms with Gasteiger partial charge in [-0.2, -0.15) is 5.21 Å². The molecule has 0 aliphatic heterocycles. The molecule has 0 saturated carbocycles. The van der Waals surface area contributed by atoms with Crippen molar-refractivity contribution in [2.45, 2.75) is 12.8 Å². The van der Waals surface area contributed by atoms with Gasteiger partial charge in [-0.05, 0) is 12.1 Å². The molecule has 1 heterocycles. The fourth-order valence-electron chi connectivity index (χ4n) is 1.55. The molecule has 0 aliphatic carbocycles. The van der Waals surface area contributed by atoms with Gasteiger partial charge in [0.25, 0.3) is 0 Å². The molecule has 8 heteroatoms. The number of tetrazole rings is 1. The molecular formula is C11H11Cl2N5O. The summed E-state index contributed by atoms with van der Waals surface area (Å²) in [5, 5.41) is 18.6. The zero-order valence-electron chi connectivity index (χ0n) is 10.1. The van der Waals surface area contributed by atoms with E-state index >= 15 is 0 Å². The molecule has 6 nitrogen and oxygen atoms in total. The lowest BCUT2D eigenvalue weighted by molar-refractivity contribution is 0.213. The van der Waals surface area contributed by atoms with Gasteiger partial charge in [0.05, 0.1) is 15.8 Å². The Morgan fingerprint density at radius 2 is 2.21 bits per heavy atom. The van der Waals surface area contributed by atoms with E-state index in [1.807, 2.05) is 6.07 Å². The number of oxime groups is 1. The first-order valence-corrected chi connectivity index (χ1v) is 6.24. The second kappa shape index (κ2) is 6.49. The summed E-state index contributed by atoms with van der Waals surface area (Å²) in [4.78, 5) is 4.85. The lowest BCUT2D eigenvalue weighted by Gasteiger charge is -2.06. The van der Waals surface area contributed by atoms with Crippen LogP contribution >= 0.6 is 23.2 Å². The molecule has 0 aliphatic rings. The van der Waals surface area contributed by atoms with Crippen molar-refractivity contribution in [1.82, 2.24) is 20.6 Å². The minimum atomic E-state index is 0.475. The van der Waals surface area contributed by atoms with Crippen LogP contribution in [0.2, 0.25) is 10.0 Å². The van der Waals surface area contributed by atoms with Crippen LogP contribution in [0.1, 0.15) is 17.8 Å². The third kappa shape index (κ3) is 3.65. The van der Waals surface area contributed by atoms with Crippen molar-refractivity contribution in [2.24, 2.45) is 5.16 Å². The van der Waals surface area contributed by atoms with E-state index in [9.17, 15) is 0 Å². The highest BCUT2D eigenvalue weighted by Gasteiger charge is 2.09. The fraction of sp³-hybridized carbons (Fsp3) is 0.273. The van der Waals surface area contributed by atoms with Crippen molar-refractivity contribution in [2.75, 3.05) is 7.11 Å². The Bertz CT molecular complexity index is 570. The van der Waals surface area contributed by atoms with E-state index in [2.05, 4.69) is 25.8 Å². The number of hydrogen-bond donors (Lipinski definition) is 1. The minimum absolute atomic E-state index is 0.475. The zero-order valence-corrected chi connectivity index (χ0v) is 11.6. The summed E-state index contributed by atoms with van der Waals surface area (Å²) in [7, 11) is 1.49. The Labute approximate surface area is 119 Å². The molecule has 2 rings (SSSR count). The van der Waals surface area contributed by atoms with Gasteiger partial charge in [-0.25, -0.2) is 0 Å². The number of nitrogens with one attached hydrogen (secondary N) is 1. The summed E-state index contributed by atoms with van der Waals surface area (Å²) in [6, 6.07) is 5.30. The summed E-state index contributed by atoms with van der Waals surface area (Å²) in [6.07, 6.45) is 1.20. The second-order valence-corrected chi connectivity index (χ2v) is 4.49. The van der Waals surface area contributed by atoms with Crippen LogP contribution in [0.15, 0.2) is 23.4 Å². The van der Waals surface area contributed by atoms with Crippen LogP contribution < -0.4 is 0 Å². The minimum Gasteiger partial charge on any atom is -0.399 e. The number of nitrogens with zero attached hydrogens (tertiary/aromatic N) is 4. The number of aryl methyl sites for hydroxylation is 1. The fourth-order valence-corrected chi connectivity index (χ4v) is 1.85. The van der Waals surface area contributed by atoms with Crippen LogP contribution in [0.5, 0.6) is 0 Å². The van der Waals surface area contributed by atoms with Crippen LogP contribution in [0.3, 0.4) is 0 Å². The van der Waals surface area contributed by atoms with Gasteiger partial charge >= 0.3 is 0 Å². The smallest absolute Gasteiger partial charge is 0.174 e. The van der Waals surface area contributed by atoms with Crippen molar-refractivity contribution in [3.05, 3.63) is 39.6 Å². The van der Waals surface area contributed by atoms with Gasteiger partial charge in [-0.15, -0.1) is 10.2 Å². The van der Waals surface area contributed by atoms with Gasteiger partial charge in [-0.1, -0.05) is 39.6 Å². The molecular weight excluding hydrogens is 289 g/mol. The number of hydrogen-bond acceptors (Lipinski definition) is 5. The maximum Gasteiger partial charge on any atom is 0.174 e. The normalized spacial score (nSPS) is 11.6. The summed E-state index contributed by atoms with van der Waals surface area (Å²) >= 11 is 11.9. The third-order valence-electron chi connectivity index (χ3n) is 2.43. The Hall–Kier alpha value is -1.66. The van der Waals surface area contributed by atoms with Gasteiger partial charge < -0.3 is 4.84 Å². The first kappa shape index (κ1) is 13.8. The van der Waals surface area contributed by atoms with Gasteiger partial charge in [0.2, 0.25) is 0 Å². The molecule has 1 aromatic carbocycles. The van der Waals surface area contributed by atoms with E-state index in [0.29, 0.717) is 28.7 Å². The molecule has 0 unspecified atom stereocenters. The standard InChI is InChI=1S/C11H11Cl2N5O/c1-19-16-10(4-5-11-14-17-18-15-11)7-2-3-8(12)9(13)6-7/h2-3,6H,4-5H2,1H3,(H,14,15,17,18). The Kier molecular flexibility index (Phi) is 4.70. The van der Waals surface area contributed by atoms with Crippen molar-refractivity contribution in [3.63, 3.8) is 0 Å². The largest absolute Gasteiger partial charge is 0.399 e. The maximum absolute atomic E-state index is 5.99. The van der Waals surface area contributed by atoms with Gasteiger partial charge in [0.1, 0.15) is 7.11 Å². The first-order chi connectivity index (χ1) is 9.20. The van der Waals surface area contributed by atoms with Crippen LogP contribution in [-0.2, 0) is 11.3 Å². The van der Waals surface area contributed by atoms with E-state index in [0.717, 1.165) is 11.3 Å². The number of aromatic nitrogens is 4. The number of H-pyrrole nitrogens is 1. The topological polar surface area (TPSA) is 76.1 Å². The average Bonchev–Trinajstić information content (AvgIpc) is 2.91. The summed E-state index contributed by atoms with van der Waals surface area (Å²) < 4.78 is 0. The van der Waals surface area contributed by atoms with Crippen LogP contribution in [0.25, 0.3) is 0 Å². The van der Waals surface area contributed by atoms with Crippen molar-refractivity contribution < 1.29 is 4.84 Å². The molecule has 0 saturated heterocycles. The number of rotatable bonds is 5. The lowest BCUT2D eigenvalue weighted by Crippen LogP contribution is -2.05. The van der Waals surface area contributed by atoms with Gasteiger partial charge in [0, 0.05) is 18.4 Å². The van der Waals surface area contributed by atoms with E-state index in [1.165, 1.54) is 7.11 Å². The quantitative estimate of drug-likeness (QED) is 0.680. The number of halogens is 2. The van der Waals surface area contributed by atoms with Crippen molar-refractivity contribution in [1.29, 1.82) is 0 Å². The van der Waals surface area contributed by atoms with Crippen LogP contribution in [-0.4, -0.2) is 33.4 Å². The molecule has 0 radical (unpaired) electrons. The molecule has 2 aromatic rings. The molecule has 0 atom stereocenters. The van der Waals surface area contributed by atoms with E-state index < -0.39 is 0 Å². The molecule has 0 fully saturated rings. The zero-order chi connectivity index (χ0) is 13.7. The van der Waals surface area contributed by atoms with Gasteiger partial charge in [0.15, 0.2) is 5.82 Å². The molecule has 0 spiro atoms. The van der Waals surface area contributed by atoms with Crippen LogP contribution in [0.4, 0.5) is 0 Å². The molecule has 19 heavy (non-hydrogen) atoms. The van der Waals surface area contributed by atoms with E-state index in [1.54, 1.807) is 12.1 Å².